The van der Waals surface area contributed by atoms with E-state index in [1.54, 1.807) is 61.0 Å². The minimum atomic E-state index is -3.90. The number of fused-ring (bicyclic) bond motifs is 2. The number of pyridine rings is 1. The van der Waals surface area contributed by atoms with Gasteiger partial charge in [0.2, 0.25) is 5.56 Å². The SMILES string of the molecule is COCC(COS(=O)(=O)c1ccc(C)cc1)Nc1ccc2c(c1)Sc1cccc(-c3cc(N4CCOCC4)cc(=O)[nH]3)c1S2. The quantitative estimate of drug-likeness (QED) is 0.184. The fourth-order valence-electron chi connectivity index (χ4n) is 5.09. The van der Waals surface area contributed by atoms with Gasteiger partial charge in [-0.15, -0.1) is 0 Å². The first-order valence-corrected chi connectivity index (χ1v) is 17.2. The van der Waals surface area contributed by atoms with Gasteiger partial charge in [-0.3, -0.25) is 8.98 Å². The first kappa shape index (κ1) is 30.8. The summed E-state index contributed by atoms with van der Waals surface area (Å²) in [4.78, 5) is 22.4. The molecular formula is C32H33N3O6S3. The van der Waals surface area contributed by atoms with E-state index in [1.165, 1.54) is 0 Å². The Balaban J connectivity index is 1.19. The molecule has 9 nitrogen and oxygen atoms in total. The molecule has 0 amide bonds. The highest BCUT2D eigenvalue weighted by Gasteiger charge is 2.23. The number of hydrogen-bond acceptors (Lipinski definition) is 10. The summed E-state index contributed by atoms with van der Waals surface area (Å²) in [7, 11) is -2.33. The van der Waals surface area contributed by atoms with Crippen LogP contribution in [-0.2, 0) is 23.8 Å². The predicted molar refractivity (Wildman–Crippen MR) is 174 cm³/mol. The molecule has 6 rings (SSSR count). The summed E-state index contributed by atoms with van der Waals surface area (Å²) in [5.41, 5.74) is 4.33. The van der Waals surface area contributed by atoms with Gasteiger partial charge in [-0.05, 0) is 49.4 Å². The second-order valence-corrected chi connectivity index (χ2v) is 14.3. The number of aryl methyl sites for hydroxylation is 1. The van der Waals surface area contributed by atoms with Crippen LogP contribution in [-0.4, -0.2) is 66.1 Å². The topological polar surface area (TPSA) is 110 Å². The van der Waals surface area contributed by atoms with Crippen LogP contribution in [0.5, 0.6) is 0 Å². The molecule has 1 aromatic heterocycles. The fraction of sp³-hybridized carbons (Fsp3) is 0.281. The van der Waals surface area contributed by atoms with Crippen LogP contribution in [0.1, 0.15) is 5.56 Å². The second kappa shape index (κ2) is 13.4. The number of aromatic amines is 1. The van der Waals surface area contributed by atoms with Gasteiger partial charge in [0, 0.05) is 62.8 Å². The van der Waals surface area contributed by atoms with Gasteiger partial charge < -0.3 is 24.7 Å². The van der Waals surface area contributed by atoms with Gasteiger partial charge in [-0.1, -0.05) is 53.4 Å². The van der Waals surface area contributed by atoms with Gasteiger partial charge in [0.25, 0.3) is 10.1 Å². The number of aromatic nitrogens is 1. The predicted octanol–water partition coefficient (Wildman–Crippen LogP) is 5.64. The van der Waals surface area contributed by atoms with Crippen molar-refractivity contribution >= 4 is 45.0 Å². The largest absolute Gasteiger partial charge is 0.382 e. The van der Waals surface area contributed by atoms with E-state index in [1.807, 2.05) is 31.2 Å². The third-order valence-corrected chi connectivity index (χ3v) is 11.2. The van der Waals surface area contributed by atoms with Crippen LogP contribution in [0.3, 0.4) is 0 Å². The maximum Gasteiger partial charge on any atom is 0.297 e. The van der Waals surface area contributed by atoms with E-state index in [-0.39, 0.29) is 23.7 Å². The number of anilines is 2. The Morgan fingerprint density at radius 1 is 0.955 bits per heavy atom. The Morgan fingerprint density at radius 2 is 1.75 bits per heavy atom. The molecule has 2 aliphatic heterocycles. The van der Waals surface area contributed by atoms with E-state index in [0.29, 0.717) is 13.2 Å². The zero-order valence-corrected chi connectivity index (χ0v) is 26.8. The first-order valence-electron chi connectivity index (χ1n) is 14.2. The van der Waals surface area contributed by atoms with Crippen molar-refractivity contribution in [2.45, 2.75) is 37.4 Å². The molecule has 0 spiro atoms. The van der Waals surface area contributed by atoms with E-state index < -0.39 is 16.2 Å². The van der Waals surface area contributed by atoms with Crippen LogP contribution in [0.4, 0.5) is 11.4 Å². The summed E-state index contributed by atoms with van der Waals surface area (Å²) in [6.07, 6.45) is 0. The molecule has 2 aliphatic rings. The zero-order valence-electron chi connectivity index (χ0n) is 24.4. The molecular weight excluding hydrogens is 619 g/mol. The first-order chi connectivity index (χ1) is 21.3. The van der Waals surface area contributed by atoms with Crippen molar-refractivity contribution in [3.63, 3.8) is 0 Å². The second-order valence-electron chi connectivity index (χ2n) is 10.6. The Bertz CT molecular complexity index is 1810. The normalized spacial score (nSPS) is 15.4. The molecule has 2 N–H and O–H groups in total. The van der Waals surface area contributed by atoms with Gasteiger partial charge in [0.15, 0.2) is 0 Å². The average Bonchev–Trinajstić information content (AvgIpc) is 3.03. The molecule has 0 saturated carbocycles. The number of ether oxygens (including phenoxy) is 2. The van der Waals surface area contributed by atoms with Crippen molar-refractivity contribution in [1.82, 2.24) is 4.98 Å². The van der Waals surface area contributed by atoms with Crippen LogP contribution in [0, 0.1) is 6.92 Å². The summed E-state index contributed by atoms with van der Waals surface area (Å²) in [6.45, 7) is 4.88. The van der Waals surface area contributed by atoms with E-state index >= 15 is 0 Å². The van der Waals surface area contributed by atoms with Gasteiger partial charge >= 0.3 is 0 Å². The lowest BCUT2D eigenvalue weighted by Gasteiger charge is -2.29. The standard InChI is InChI=1S/C32H33N3O6S3/c1-21-6-9-25(10-7-21)44(37,38)41-20-23(19-39-2)33-22-8-11-28-30(16-22)42-29-5-3-4-26(32(29)43-28)27-17-24(18-31(36)34-27)35-12-14-40-15-13-35/h3-11,16-18,23,33H,12-15,19-20H2,1-2H3,(H,34,36). The molecule has 3 aromatic carbocycles. The smallest absolute Gasteiger partial charge is 0.297 e. The Hall–Kier alpha value is -3.26. The molecule has 0 aliphatic carbocycles. The van der Waals surface area contributed by atoms with Crippen molar-refractivity contribution in [2.75, 3.05) is 56.8 Å². The van der Waals surface area contributed by atoms with E-state index in [4.69, 9.17) is 13.7 Å². The number of rotatable bonds is 10. The molecule has 1 fully saturated rings. The summed E-state index contributed by atoms with van der Waals surface area (Å²) in [5.74, 6) is 0. The molecule has 44 heavy (non-hydrogen) atoms. The molecule has 230 valence electrons. The third-order valence-electron chi connectivity index (χ3n) is 7.32. The monoisotopic (exact) mass is 651 g/mol. The number of benzene rings is 3. The minimum Gasteiger partial charge on any atom is -0.382 e. The Kier molecular flexibility index (Phi) is 9.36. The van der Waals surface area contributed by atoms with Gasteiger partial charge in [0.1, 0.15) is 0 Å². The Morgan fingerprint density at radius 3 is 2.52 bits per heavy atom. The summed E-state index contributed by atoms with van der Waals surface area (Å²) >= 11 is 3.33. The van der Waals surface area contributed by atoms with Crippen molar-refractivity contribution in [3.05, 3.63) is 88.7 Å². The fourth-order valence-corrected chi connectivity index (χ4v) is 8.46. The van der Waals surface area contributed by atoms with Crippen molar-refractivity contribution in [2.24, 2.45) is 0 Å². The van der Waals surface area contributed by atoms with Crippen LogP contribution in [0.25, 0.3) is 11.3 Å². The number of nitrogens with one attached hydrogen (secondary N) is 2. The summed E-state index contributed by atoms with van der Waals surface area (Å²) < 4.78 is 41.7. The van der Waals surface area contributed by atoms with Crippen LogP contribution in [0.15, 0.2) is 102 Å². The highest BCUT2D eigenvalue weighted by atomic mass is 32.2. The van der Waals surface area contributed by atoms with E-state index in [2.05, 4.69) is 33.4 Å². The van der Waals surface area contributed by atoms with Crippen LogP contribution < -0.4 is 15.8 Å². The minimum absolute atomic E-state index is 0.0864. The zero-order chi connectivity index (χ0) is 30.7. The maximum absolute atomic E-state index is 12.7. The molecule has 4 aromatic rings. The van der Waals surface area contributed by atoms with Crippen molar-refractivity contribution < 1.29 is 22.1 Å². The summed E-state index contributed by atoms with van der Waals surface area (Å²) in [5, 5.41) is 3.38. The molecule has 12 heteroatoms. The number of hydrogen-bond donors (Lipinski definition) is 2. The van der Waals surface area contributed by atoms with Crippen molar-refractivity contribution in [3.8, 4) is 11.3 Å². The average molecular weight is 652 g/mol. The van der Waals surface area contributed by atoms with Crippen LogP contribution >= 0.6 is 23.5 Å². The van der Waals surface area contributed by atoms with Crippen molar-refractivity contribution in [1.29, 1.82) is 0 Å². The number of H-pyrrole nitrogens is 1. The number of methoxy groups -OCH3 is 1. The van der Waals surface area contributed by atoms with E-state index in [9.17, 15) is 13.2 Å². The van der Waals surface area contributed by atoms with Gasteiger partial charge in [-0.25, -0.2) is 0 Å². The highest BCUT2D eigenvalue weighted by molar-refractivity contribution is 8.05. The van der Waals surface area contributed by atoms with E-state index in [0.717, 1.165) is 60.9 Å². The van der Waals surface area contributed by atoms with Gasteiger partial charge in [-0.2, -0.15) is 8.42 Å². The number of nitrogens with zero attached hydrogens (tertiary/aromatic N) is 1. The molecule has 3 heterocycles. The lowest BCUT2D eigenvalue weighted by atomic mass is 10.1. The number of morpholine rings is 1. The molecule has 0 radical (unpaired) electrons. The molecule has 0 bridgehead atoms. The maximum atomic E-state index is 12.7. The Labute approximate surface area is 265 Å². The lowest BCUT2D eigenvalue weighted by molar-refractivity contribution is 0.122. The molecule has 1 atom stereocenters. The molecule has 1 unspecified atom stereocenters. The highest BCUT2D eigenvalue weighted by Crippen LogP contribution is 2.52. The third kappa shape index (κ3) is 7.01. The van der Waals surface area contributed by atoms with Gasteiger partial charge in [0.05, 0.1) is 43.1 Å². The van der Waals surface area contributed by atoms with Crippen LogP contribution in [0.2, 0.25) is 0 Å². The lowest BCUT2D eigenvalue weighted by Crippen LogP contribution is -2.36. The molecule has 1 saturated heterocycles. The summed E-state index contributed by atoms with van der Waals surface area (Å²) in [6, 6.07) is 22.1.